The molecule has 61 heavy (non-hydrogen) atoms. The van der Waals surface area contributed by atoms with Crippen LogP contribution >= 0.6 is 0 Å². The van der Waals surface area contributed by atoms with Crippen molar-refractivity contribution in [3.63, 3.8) is 0 Å². The van der Waals surface area contributed by atoms with Gasteiger partial charge in [0.25, 0.3) is 42.2 Å². The second-order valence-corrected chi connectivity index (χ2v) is 19.5. The summed E-state index contributed by atoms with van der Waals surface area (Å²) >= 11 is 0. The van der Waals surface area contributed by atoms with Crippen molar-refractivity contribution in [3.05, 3.63) is 83.1 Å². The lowest BCUT2D eigenvalue weighted by Gasteiger charge is -2.30. The highest BCUT2D eigenvalue weighted by atomic mass is 32.2. The summed E-state index contributed by atoms with van der Waals surface area (Å²) in [5, 5.41) is 1.24. The topological polar surface area (TPSA) is 255 Å². The van der Waals surface area contributed by atoms with Crippen molar-refractivity contribution in [2.45, 2.75) is 75.0 Å². The molecular weight excluding hydrogens is 859 g/mol. The Hall–Kier alpha value is -4.77. The fourth-order valence-electron chi connectivity index (χ4n) is 7.54. The predicted molar refractivity (Wildman–Crippen MR) is 223 cm³/mol. The molecule has 0 radical (unpaired) electrons. The third kappa shape index (κ3) is 12.6. The zero-order valence-corrected chi connectivity index (χ0v) is 36.2. The number of ether oxygens (including phenoxy) is 1. The zero-order chi connectivity index (χ0) is 44.6. The quantitative estimate of drug-likeness (QED) is 0.0594. The van der Waals surface area contributed by atoms with Crippen LogP contribution in [0.15, 0.2) is 75.9 Å². The molecular formula is C40H50N3O15S3+. The summed E-state index contributed by atoms with van der Waals surface area (Å²) in [5.74, 6) is -2.29. The fourth-order valence-corrected chi connectivity index (χ4v) is 9.05. The average molecular weight is 909 g/mol. The molecule has 3 aliphatic heterocycles. The van der Waals surface area contributed by atoms with Crippen LogP contribution in [0, 0.1) is 0 Å². The molecule has 1 fully saturated rings. The first-order valence-corrected chi connectivity index (χ1v) is 24.2. The molecule has 1 aliphatic carbocycles. The van der Waals surface area contributed by atoms with E-state index in [9.17, 15) is 53.3 Å². The summed E-state index contributed by atoms with van der Waals surface area (Å²) < 4.78 is 113. The third-order valence-corrected chi connectivity index (χ3v) is 13.0. The molecule has 4 aliphatic rings. The van der Waals surface area contributed by atoms with Crippen molar-refractivity contribution in [1.82, 2.24) is 9.64 Å². The molecule has 1 aromatic rings. The Morgan fingerprint density at radius 3 is 2.26 bits per heavy atom. The number of carbonyl (C=O) groups excluding carboxylic acids is 3. The molecule has 21 heteroatoms. The number of nitrogens with zero attached hydrogens (tertiary/aromatic N) is 3. The number of benzene rings is 2. The van der Waals surface area contributed by atoms with Crippen molar-refractivity contribution >= 4 is 59.9 Å². The molecule has 3 N–H and O–H groups in total. The van der Waals surface area contributed by atoms with Gasteiger partial charge in [-0.15, -0.1) is 5.06 Å². The number of fused-ring (bicyclic) bond motifs is 2. The lowest BCUT2D eigenvalue weighted by molar-refractivity contribution is -0.197. The Morgan fingerprint density at radius 1 is 0.885 bits per heavy atom. The van der Waals surface area contributed by atoms with Crippen LogP contribution in [0.1, 0.15) is 75.8 Å². The molecule has 0 spiro atoms. The molecule has 1 aromatic carbocycles. The monoisotopic (exact) mass is 908 g/mol. The number of imide groups is 1. The van der Waals surface area contributed by atoms with Gasteiger partial charge in [-0.05, 0) is 80.1 Å². The first-order valence-electron chi connectivity index (χ1n) is 19.5. The average Bonchev–Trinajstić information content (AvgIpc) is 3.61. The Balaban J connectivity index is 1.46. The van der Waals surface area contributed by atoms with E-state index in [-0.39, 0.29) is 43.4 Å². The van der Waals surface area contributed by atoms with Gasteiger partial charge in [0.2, 0.25) is 5.36 Å². The maximum atomic E-state index is 12.4. The second-order valence-electron chi connectivity index (χ2n) is 15.0. The van der Waals surface area contributed by atoms with E-state index >= 15 is 0 Å². The first kappa shape index (κ1) is 47.3. The molecule has 0 bridgehead atoms. The Morgan fingerprint density at radius 2 is 1.59 bits per heavy atom. The van der Waals surface area contributed by atoms with Gasteiger partial charge in [0.1, 0.15) is 18.9 Å². The third-order valence-electron chi connectivity index (χ3n) is 10.6. The fraction of sp³-hybridized carbons (Fsp3) is 0.450. The SMILES string of the molecule is COCC[N+](CCCS(=O)(=O)O)=c1ccc2c(/C=C/C=C3/N(CCCCCC(=O)ON4C(=O)CCC4=O)c4ccc(S(=O)(=O)O)cc4C3(C)CCCS(=O)(=O)O)ccoc-2c1. The minimum absolute atomic E-state index is 0.00821. The number of hydrogen-bond donors (Lipinski definition) is 3. The van der Waals surface area contributed by atoms with Gasteiger partial charge >= 0.3 is 5.97 Å². The van der Waals surface area contributed by atoms with Crippen molar-refractivity contribution in [1.29, 1.82) is 0 Å². The maximum absolute atomic E-state index is 12.4. The summed E-state index contributed by atoms with van der Waals surface area (Å²) in [7, 11) is -11.5. The lowest BCUT2D eigenvalue weighted by Crippen LogP contribution is -2.34. The Bertz CT molecular complexity index is 2550. The van der Waals surface area contributed by atoms with Crippen LogP contribution in [0.25, 0.3) is 17.4 Å². The van der Waals surface area contributed by atoms with Crippen LogP contribution in [0.4, 0.5) is 5.69 Å². The van der Waals surface area contributed by atoms with Crippen LogP contribution in [-0.2, 0) is 59.7 Å². The molecule has 18 nitrogen and oxygen atoms in total. The minimum Gasteiger partial charge on any atom is -0.464 e. The largest absolute Gasteiger partial charge is 0.464 e. The van der Waals surface area contributed by atoms with E-state index in [0.717, 1.165) is 16.5 Å². The van der Waals surface area contributed by atoms with Gasteiger partial charge in [-0.1, -0.05) is 18.6 Å². The number of rotatable bonds is 21. The van der Waals surface area contributed by atoms with Gasteiger partial charge in [-0.2, -0.15) is 25.3 Å². The molecule has 1 saturated heterocycles. The molecule has 0 saturated carbocycles. The number of anilines is 1. The van der Waals surface area contributed by atoms with Gasteiger partial charge in [0, 0.05) is 67.8 Å². The van der Waals surface area contributed by atoms with Crippen molar-refractivity contribution < 1.29 is 67.3 Å². The first-order chi connectivity index (χ1) is 28.7. The van der Waals surface area contributed by atoms with Gasteiger partial charge in [-0.25, -0.2) is 9.37 Å². The van der Waals surface area contributed by atoms with Crippen LogP contribution in [0.2, 0.25) is 0 Å². The number of allylic oxidation sites excluding steroid dienone is 3. The van der Waals surface area contributed by atoms with E-state index in [4.69, 9.17) is 14.0 Å². The van der Waals surface area contributed by atoms with Gasteiger partial charge < -0.3 is 18.9 Å². The summed E-state index contributed by atoms with van der Waals surface area (Å²) in [5.41, 5.74) is 2.26. The van der Waals surface area contributed by atoms with E-state index in [2.05, 4.69) is 0 Å². The number of carbonyl (C=O) groups is 3. The van der Waals surface area contributed by atoms with Crippen LogP contribution < -0.4 is 14.8 Å². The number of amides is 2. The molecule has 332 valence electrons. The van der Waals surface area contributed by atoms with Gasteiger partial charge in [0.15, 0.2) is 6.54 Å². The Labute approximate surface area is 354 Å². The van der Waals surface area contributed by atoms with Gasteiger partial charge in [-0.3, -0.25) is 23.2 Å². The molecule has 0 aromatic heterocycles. The highest BCUT2D eigenvalue weighted by Gasteiger charge is 2.43. The van der Waals surface area contributed by atoms with Crippen LogP contribution in [0.3, 0.4) is 0 Å². The highest BCUT2D eigenvalue weighted by molar-refractivity contribution is 7.86. The van der Waals surface area contributed by atoms with Crippen molar-refractivity contribution in [2.75, 3.05) is 49.8 Å². The van der Waals surface area contributed by atoms with E-state index < -0.39 is 65.1 Å². The zero-order valence-electron chi connectivity index (χ0n) is 33.8. The van der Waals surface area contributed by atoms with Crippen LogP contribution in [0.5, 0.6) is 0 Å². The number of hydrogen-bond acceptors (Lipinski definition) is 13. The smallest absolute Gasteiger partial charge is 0.333 e. The molecule has 2 amide bonds. The molecule has 5 rings (SSSR count). The predicted octanol–water partition coefficient (Wildman–Crippen LogP) is 3.84. The van der Waals surface area contributed by atoms with Crippen LogP contribution in [-0.4, -0.2) is 107 Å². The Kier molecular flexibility index (Phi) is 15.5. The second kappa shape index (κ2) is 20.0. The van der Waals surface area contributed by atoms with E-state index in [0.29, 0.717) is 73.3 Å². The standard InChI is InChI=1S/C40H49N3O15S3/c1-40(19-7-25-59(47,48)49)33-28-31(61(53,54)55)13-15-34(33)42(21-5-3-4-11-39(46)58-43-37(44)16-17-38(43)45)36(40)10-6-9-29-18-23-57-35-27-30(12-14-32(29)35)41(22-24-56-2)20-8-26-60(50,51)52/h6,9-10,12-15,18,23,27-28H,3-5,7-8,11,16-17,19-22,24-26H2,1-2H3,(H2-,47,48,49,50,51,52,53,54,55)/p+1. The van der Waals surface area contributed by atoms with Gasteiger partial charge in [0.05, 0.1) is 28.7 Å². The summed E-state index contributed by atoms with van der Waals surface area (Å²) in [6.07, 6.45) is 8.62. The summed E-state index contributed by atoms with van der Waals surface area (Å²) in [6, 6.07) is 11.5. The minimum atomic E-state index is -4.63. The van der Waals surface area contributed by atoms with E-state index in [1.165, 1.54) is 18.4 Å². The molecule has 1 unspecified atom stereocenters. The normalized spacial score (nSPS) is 18.5. The summed E-state index contributed by atoms with van der Waals surface area (Å²) in [4.78, 5) is 42.7. The van der Waals surface area contributed by atoms with E-state index in [1.54, 1.807) is 25.3 Å². The highest BCUT2D eigenvalue weighted by Crippen LogP contribution is 2.51. The summed E-state index contributed by atoms with van der Waals surface area (Å²) in [6.45, 7) is 3.33. The maximum Gasteiger partial charge on any atom is 0.333 e. The number of hydroxylamine groups is 2. The molecule has 1 atom stereocenters. The lowest BCUT2D eigenvalue weighted by atomic mass is 9.77. The van der Waals surface area contributed by atoms with Crippen molar-refractivity contribution in [3.8, 4) is 11.3 Å². The van der Waals surface area contributed by atoms with E-state index in [1.807, 2.05) is 46.8 Å². The molecule has 3 heterocycles. The number of methoxy groups -OCH3 is 1. The van der Waals surface area contributed by atoms with Crippen molar-refractivity contribution in [2.24, 2.45) is 0 Å². The number of unbranched alkanes of at least 4 members (excludes halogenated alkanes) is 2.